The molecule has 3 fully saturated rings. The second-order valence-corrected chi connectivity index (χ2v) is 10.8. The Labute approximate surface area is 209 Å². The molecule has 1 saturated heterocycles. The van der Waals surface area contributed by atoms with E-state index in [1.807, 2.05) is 0 Å². The number of rotatable bonds is 6. The quantitative estimate of drug-likeness (QED) is 0.304. The number of carbonyl (C=O) groups is 1. The van der Waals surface area contributed by atoms with Gasteiger partial charge in [-0.1, -0.05) is 19.3 Å². The highest BCUT2D eigenvalue weighted by atomic mass is 19.4. The predicted molar refractivity (Wildman–Crippen MR) is 124 cm³/mol. The fourth-order valence-corrected chi connectivity index (χ4v) is 6.27. The van der Waals surface area contributed by atoms with E-state index in [0.717, 1.165) is 32.1 Å². The molecule has 0 radical (unpaired) electrons. The first-order chi connectivity index (χ1) is 16.8. The minimum atomic E-state index is -4.65. The van der Waals surface area contributed by atoms with Crippen LogP contribution in [0.25, 0.3) is 0 Å². The topological polar surface area (TPSA) is 76.7 Å². The molecule has 3 aliphatic rings. The molecule has 3 atom stereocenters. The third-order valence-electron chi connectivity index (χ3n) is 8.38. The smallest absolute Gasteiger partial charge is 0.370 e. The summed E-state index contributed by atoms with van der Waals surface area (Å²) in [5.74, 6) is -4.62. The van der Waals surface area contributed by atoms with Crippen molar-refractivity contribution in [2.45, 2.75) is 76.2 Å². The molecule has 0 spiro atoms. The Bertz CT molecular complexity index is 724. The van der Waals surface area contributed by atoms with Crippen LogP contribution in [0.5, 0.6) is 0 Å². The van der Waals surface area contributed by atoms with Crippen molar-refractivity contribution in [2.24, 2.45) is 29.4 Å². The average Bonchev–Trinajstić information content (AvgIpc) is 2.82. The molecule has 3 rings (SSSR count). The Morgan fingerprint density at radius 2 is 1.47 bits per heavy atom. The maximum Gasteiger partial charge on any atom is 0.391 e. The van der Waals surface area contributed by atoms with E-state index < -0.39 is 36.5 Å². The van der Waals surface area contributed by atoms with Gasteiger partial charge in [0.05, 0.1) is 17.9 Å². The Morgan fingerprint density at radius 3 is 1.94 bits per heavy atom. The number of guanidine groups is 1. The molecule has 1 heterocycles. The summed E-state index contributed by atoms with van der Waals surface area (Å²) in [6, 6.07) is -0.374. The number of nitrogens with zero attached hydrogens (tertiary/aromatic N) is 3. The van der Waals surface area contributed by atoms with Crippen molar-refractivity contribution in [3.8, 4) is 0 Å². The number of carbonyl (C=O) groups excluding carboxylic acids is 1. The lowest BCUT2D eigenvalue weighted by Gasteiger charge is -2.44. The minimum absolute atomic E-state index is 0.00545. The number of piperazine rings is 1. The second kappa shape index (κ2) is 11.8. The summed E-state index contributed by atoms with van der Waals surface area (Å²) in [5.41, 5.74) is 5.60. The second-order valence-electron chi connectivity index (χ2n) is 10.8. The normalized spacial score (nSPS) is 28.1. The zero-order chi connectivity index (χ0) is 26.7. The molecule has 208 valence electrons. The number of alkyl halides is 6. The van der Waals surface area contributed by atoms with Crippen LogP contribution in [0.4, 0.5) is 26.3 Å². The number of hydrogen-bond donors (Lipinski definition) is 2. The van der Waals surface area contributed by atoms with Crippen molar-refractivity contribution in [3.63, 3.8) is 0 Å². The lowest BCUT2D eigenvalue weighted by molar-refractivity contribution is -0.229. The highest BCUT2D eigenvalue weighted by Gasteiger charge is 2.51. The van der Waals surface area contributed by atoms with Crippen molar-refractivity contribution >= 4 is 11.9 Å². The van der Waals surface area contributed by atoms with Gasteiger partial charge in [0.15, 0.2) is 5.96 Å². The zero-order valence-electron chi connectivity index (χ0n) is 20.9. The lowest BCUT2D eigenvalue weighted by atomic mass is 9.73. The molecule has 12 heteroatoms. The van der Waals surface area contributed by atoms with Crippen LogP contribution in [-0.2, 0) is 4.79 Å². The van der Waals surface area contributed by atoms with Crippen LogP contribution in [-0.4, -0.2) is 84.7 Å². The van der Waals surface area contributed by atoms with E-state index in [-0.39, 0.29) is 49.6 Å². The van der Waals surface area contributed by atoms with Gasteiger partial charge >= 0.3 is 12.4 Å². The highest BCUT2D eigenvalue weighted by molar-refractivity contribution is 5.82. The largest absolute Gasteiger partial charge is 0.391 e. The van der Waals surface area contributed by atoms with E-state index in [1.165, 1.54) is 4.90 Å². The van der Waals surface area contributed by atoms with Gasteiger partial charge in [-0.2, -0.15) is 26.3 Å². The highest BCUT2D eigenvalue weighted by Crippen LogP contribution is 2.48. The van der Waals surface area contributed by atoms with Gasteiger partial charge in [0, 0.05) is 39.8 Å². The predicted octanol–water partition coefficient (Wildman–Crippen LogP) is 4.45. The summed E-state index contributed by atoms with van der Waals surface area (Å²) in [4.78, 5) is 19.0. The summed E-state index contributed by atoms with van der Waals surface area (Å²) in [5, 5.41) is 7.64. The zero-order valence-corrected chi connectivity index (χ0v) is 20.9. The van der Waals surface area contributed by atoms with Crippen molar-refractivity contribution in [2.75, 3.05) is 39.8 Å². The van der Waals surface area contributed by atoms with Crippen molar-refractivity contribution in [3.05, 3.63) is 0 Å². The fourth-order valence-electron chi connectivity index (χ4n) is 6.27. The van der Waals surface area contributed by atoms with Crippen LogP contribution in [0.1, 0.15) is 57.8 Å². The van der Waals surface area contributed by atoms with Crippen molar-refractivity contribution < 1.29 is 31.1 Å². The van der Waals surface area contributed by atoms with E-state index in [9.17, 15) is 31.1 Å². The van der Waals surface area contributed by atoms with Gasteiger partial charge < -0.3 is 15.5 Å². The molecule has 2 saturated carbocycles. The summed E-state index contributed by atoms with van der Waals surface area (Å²) in [7, 11) is 1.61. The first-order valence-electron chi connectivity index (χ1n) is 13.0. The minimum Gasteiger partial charge on any atom is -0.370 e. The molecular weight excluding hydrogens is 488 g/mol. The molecule has 0 aromatic heterocycles. The van der Waals surface area contributed by atoms with Crippen LogP contribution in [0, 0.1) is 29.1 Å². The molecule has 1 aliphatic heterocycles. The average molecular weight is 528 g/mol. The Hall–Kier alpha value is -1.72. The van der Waals surface area contributed by atoms with Gasteiger partial charge in [0.2, 0.25) is 5.91 Å². The monoisotopic (exact) mass is 527 g/mol. The molecule has 1 amide bonds. The number of amides is 1. The number of hydrogen-bond acceptors (Lipinski definition) is 3. The molecule has 2 aliphatic carbocycles. The van der Waals surface area contributed by atoms with Crippen molar-refractivity contribution in [1.82, 2.24) is 14.7 Å². The lowest BCUT2D eigenvalue weighted by Crippen LogP contribution is -2.59. The van der Waals surface area contributed by atoms with Gasteiger partial charge in [-0.15, -0.1) is 0 Å². The molecule has 0 aromatic carbocycles. The molecule has 6 nitrogen and oxygen atoms in total. The molecule has 0 bridgehead atoms. The van der Waals surface area contributed by atoms with Crippen LogP contribution in [0.15, 0.2) is 0 Å². The van der Waals surface area contributed by atoms with Gasteiger partial charge in [0.1, 0.15) is 0 Å². The third-order valence-corrected chi connectivity index (χ3v) is 8.38. The summed E-state index contributed by atoms with van der Waals surface area (Å²) >= 11 is 0. The Balaban J connectivity index is 1.65. The van der Waals surface area contributed by atoms with E-state index in [4.69, 9.17) is 11.1 Å². The number of nitrogens with two attached hydrogens (primary N) is 1. The maximum absolute atomic E-state index is 13.6. The van der Waals surface area contributed by atoms with Crippen LogP contribution in [0.2, 0.25) is 0 Å². The maximum atomic E-state index is 13.6. The number of halogens is 6. The molecule has 3 unspecified atom stereocenters. The van der Waals surface area contributed by atoms with Gasteiger partial charge in [-0.05, 0) is 50.4 Å². The van der Waals surface area contributed by atoms with Crippen molar-refractivity contribution in [1.29, 1.82) is 5.41 Å². The molecule has 36 heavy (non-hydrogen) atoms. The summed E-state index contributed by atoms with van der Waals surface area (Å²) in [6.45, 7) is 2.35. The first-order valence-corrected chi connectivity index (χ1v) is 13.0. The van der Waals surface area contributed by atoms with Gasteiger partial charge in [-0.3, -0.25) is 15.1 Å². The van der Waals surface area contributed by atoms with E-state index in [2.05, 4.69) is 4.90 Å². The molecular formula is C24H39F6N5O. The molecule has 0 aromatic rings. The Kier molecular flexibility index (Phi) is 9.43. The number of likely N-dealkylation sites (N-methyl/N-ethyl adjacent to an activating group) is 1. The SMILES string of the molecule is CN(CCC1CC(C(F)(F)F)CC(C(F)(F)F)C1)C(=O)C(C1CCCCC1)N1CCN(C(=N)N)CC1. The third kappa shape index (κ3) is 7.41. The van der Waals surface area contributed by atoms with Gasteiger partial charge in [-0.25, -0.2) is 0 Å². The van der Waals surface area contributed by atoms with E-state index >= 15 is 0 Å². The standard InChI is InChI=1S/C24H39F6N5O/c1-33(8-7-16-13-18(23(25,26)27)15-19(14-16)24(28,29)30)21(36)20(17-5-3-2-4-6-17)34-9-11-35(12-10-34)22(31)32/h16-20H,2-15H2,1H3,(H3,31,32). The van der Waals surface area contributed by atoms with Crippen LogP contribution < -0.4 is 5.73 Å². The van der Waals surface area contributed by atoms with E-state index in [1.54, 1.807) is 11.9 Å². The van der Waals surface area contributed by atoms with Crippen LogP contribution >= 0.6 is 0 Å². The van der Waals surface area contributed by atoms with Gasteiger partial charge in [0.25, 0.3) is 0 Å². The first kappa shape index (κ1) is 28.8. The fraction of sp³-hybridized carbons (Fsp3) is 0.917. The molecule has 3 N–H and O–H groups in total. The van der Waals surface area contributed by atoms with E-state index in [0.29, 0.717) is 26.2 Å². The summed E-state index contributed by atoms with van der Waals surface area (Å²) < 4.78 is 80.0. The van der Waals surface area contributed by atoms with Crippen LogP contribution in [0.3, 0.4) is 0 Å². The number of nitrogens with one attached hydrogen (secondary N) is 1. The summed E-state index contributed by atoms with van der Waals surface area (Å²) in [6.07, 6.45) is -5.72. The Morgan fingerprint density at radius 1 is 0.944 bits per heavy atom.